The van der Waals surface area contributed by atoms with Crippen LogP contribution in [0.3, 0.4) is 0 Å². The molecule has 1 heterocycles. The predicted octanol–water partition coefficient (Wildman–Crippen LogP) is 1.15. The molecule has 0 saturated heterocycles. The van der Waals surface area contributed by atoms with Crippen molar-refractivity contribution in [1.82, 2.24) is 15.5 Å². The van der Waals surface area contributed by atoms with Gasteiger partial charge in [0.15, 0.2) is 12.6 Å². The van der Waals surface area contributed by atoms with Crippen molar-refractivity contribution in [3.05, 3.63) is 35.7 Å². The third-order valence-electron chi connectivity index (χ3n) is 3.90. The molecule has 1 amide bonds. The first-order valence-electron chi connectivity index (χ1n) is 8.06. The molecule has 0 aliphatic heterocycles. The molecule has 2 rings (SSSR count). The quantitative estimate of drug-likeness (QED) is 0.803. The highest BCUT2D eigenvalue weighted by atomic mass is 16.4. The number of carbonyl (C=O) groups is 1. The van der Waals surface area contributed by atoms with Gasteiger partial charge in [0.05, 0.1) is 6.54 Å². The zero-order chi connectivity index (χ0) is 16.8. The molecule has 2 aromatic rings. The zero-order valence-corrected chi connectivity index (χ0v) is 14.2. The van der Waals surface area contributed by atoms with Gasteiger partial charge in [-0.1, -0.05) is 17.7 Å². The Kier molecular flexibility index (Phi) is 5.87. The minimum Gasteiger partial charge on any atom is -0.415 e. The summed E-state index contributed by atoms with van der Waals surface area (Å²) in [5.41, 5.74) is 2.06. The normalized spacial score (nSPS) is 13.6. The minimum absolute atomic E-state index is 0.0336. The van der Waals surface area contributed by atoms with Crippen LogP contribution in [0, 0.1) is 6.92 Å². The fourth-order valence-electron chi connectivity index (χ4n) is 2.53. The van der Waals surface area contributed by atoms with Gasteiger partial charge in [0.2, 0.25) is 5.89 Å². The summed E-state index contributed by atoms with van der Waals surface area (Å²) in [6.07, 6.45) is 0. The number of carbonyl (C=O) groups excluding carboxylic acids is 1. The van der Waals surface area contributed by atoms with Gasteiger partial charge in [-0.05, 0) is 39.8 Å². The van der Waals surface area contributed by atoms with Gasteiger partial charge in [-0.2, -0.15) is 0 Å². The third-order valence-corrected chi connectivity index (χ3v) is 3.90. The molecule has 23 heavy (non-hydrogen) atoms. The predicted molar refractivity (Wildman–Crippen MR) is 87.9 cm³/mol. The van der Waals surface area contributed by atoms with Crippen LogP contribution in [-0.4, -0.2) is 35.7 Å². The van der Waals surface area contributed by atoms with Gasteiger partial charge in [0.1, 0.15) is 0 Å². The maximum Gasteiger partial charge on any atom is 0.275 e. The molecule has 1 aromatic carbocycles. The minimum atomic E-state index is -0.0336. The molecule has 0 saturated carbocycles. The van der Waals surface area contributed by atoms with Gasteiger partial charge in [0, 0.05) is 12.1 Å². The molecule has 2 N–H and O–H groups in total. The van der Waals surface area contributed by atoms with E-state index in [0.717, 1.165) is 22.6 Å². The average Bonchev–Trinajstić information content (AvgIpc) is 3.02. The van der Waals surface area contributed by atoms with E-state index in [2.05, 4.69) is 15.5 Å². The van der Waals surface area contributed by atoms with E-state index < -0.39 is 0 Å². The number of benzene rings is 1. The molecular weight excluding hydrogens is 292 g/mol. The first kappa shape index (κ1) is 17.1. The average molecular weight is 317 g/mol. The first-order valence-corrected chi connectivity index (χ1v) is 8.06. The third kappa shape index (κ3) is 4.39. The van der Waals surface area contributed by atoms with Crippen LogP contribution < -0.4 is 10.2 Å². The zero-order valence-electron chi connectivity index (χ0n) is 14.2. The van der Waals surface area contributed by atoms with Crippen LogP contribution in [-0.2, 0) is 4.79 Å². The molecular formula is C17H25N4O2+. The lowest BCUT2D eigenvalue weighted by atomic mass is 10.1. The molecule has 0 spiro atoms. The molecule has 0 radical (unpaired) electrons. The van der Waals surface area contributed by atoms with Crippen LogP contribution in [0.5, 0.6) is 0 Å². The summed E-state index contributed by atoms with van der Waals surface area (Å²) in [6, 6.07) is 7.93. The SMILES string of the molecule is CCNC(=O)C[NH+](CC)[C@H](C)c1nnc(-c2cccc(C)c2)o1. The van der Waals surface area contributed by atoms with Crippen molar-refractivity contribution in [2.24, 2.45) is 0 Å². The molecule has 2 atom stereocenters. The number of aryl methyl sites for hydroxylation is 1. The largest absolute Gasteiger partial charge is 0.415 e. The van der Waals surface area contributed by atoms with E-state index in [4.69, 9.17) is 4.42 Å². The van der Waals surface area contributed by atoms with E-state index in [0.29, 0.717) is 24.9 Å². The molecule has 124 valence electrons. The Morgan fingerprint density at radius 2 is 2.13 bits per heavy atom. The fraction of sp³-hybridized carbons (Fsp3) is 0.471. The standard InChI is InChI=1S/C17H24N4O2/c1-5-18-15(22)11-21(6-2)13(4)16-19-20-17(23-16)14-9-7-8-12(3)10-14/h7-10,13H,5-6,11H2,1-4H3,(H,18,22)/p+1/t13-/m1/s1. The smallest absolute Gasteiger partial charge is 0.275 e. The van der Waals surface area contributed by atoms with E-state index in [-0.39, 0.29) is 11.9 Å². The Labute approximate surface area is 136 Å². The Morgan fingerprint density at radius 1 is 1.35 bits per heavy atom. The van der Waals surface area contributed by atoms with Crippen molar-refractivity contribution in [2.45, 2.75) is 33.7 Å². The molecule has 0 bridgehead atoms. The number of quaternary nitrogens is 1. The van der Waals surface area contributed by atoms with Crippen molar-refractivity contribution < 1.29 is 14.1 Å². The number of hydrogen-bond donors (Lipinski definition) is 2. The highest BCUT2D eigenvalue weighted by molar-refractivity contribution is 5.76. The van der Waals surface area contributed by atoms with Crippen molar-refractivity contribution in [3.8, 4) is 11.5 Å². The summed E-state index contributed by atoms with van der Waals surface area (Å²) in [5.74, 6) is 1.11. The Bertz CT molecular complexity index is 654. The van der Waals surface area contributed by atoms with E-state index in [9.17, 15) is 4.79 Å². The second kappa shape index (κ2) is 7.87. The van der Waals surface area contributed by atoms with Gasteiger partial charge >= 0.3 is 0 Å². The summed E-state index contributed by atoms with van der Waals surface area (Å²) >= 11 is 0. The monoisotopic (exact) mass is 317 g/mol. The van der Waals surface area contributed by atoms with Gasteiger partial charge in [-0.25, -0.2) is 0 Å². The molecule has 6 heteroatoms. The number of nitrogens with one attached hydrogen (secondary N) is 2. The maximum atomic E-state index is 11.8. The topological polar surface area (TPSA) is 72.5 Å². The molecule has 6 nitrogen and oxygen atoms in total. The van der Waals surface area contributed by atoms with E-state index in [1.807, 2.05) is 52.0 Å². The number of hydrogen-bond acceptors (Lipinski definition) is 4. The van der Waals surface area contributed by atoms with E-state index in [1.165, 1.54) is 0 Å². The number of nitrogens with zero attached hydrogens (tertiary/aromatic N) is 2. The Morgan fingerprint density at radius 3 is 2.78 bits per heavy atom. The van der Waals surface area contributed by atoms with E-state index >= 15 is 0 Å². The lowest BCUT2D eigenvalue weighted by Gasteiger charge is -2.21. The molecule has 0 fully saturated rings. The fourth-order valence-corrected chi connectivity index (χ4v) is 2.53. The van der Waals surface area contributed by atoms with Crippen LogP contribution in [0.25, 0.3) is 11.5 Å². The van der Waals surface area contributed by atoms with Crippen molar-refractivity contribution in [3.63, 3.8) is 0 Å². The highest BCUT2D eigenvalue weighted by Crippen LogP contribution is 2.20. The Hall–Kier alpha value is -2.21. The van der Waals surface area contributed by atoms with Crippen LogP contribution in [0.15, 0.2) is 28.7 Å². The van der Waals surface area contributed by atoms with Gasteiger partial charge < -0.3 is 14.6 Å². The maximum absolute atomic E-state index is 11.8. The number of rotatable bonds is 7. The second-order valence-electron chi connectivity index (χ2n) is 5.68. The summed E-state index contributed by atoms with van der Waals surface area (Å²) in [7, 11) is 0. The summed E-state index contributed by atoms with van der Waals surface area (Å²) < 4.78 is 5.84. The van der Waals surface area contributed by atoms with E-state index in [1.54, 1.807) is 0 Å². The number of amides is 1. The van der Waals surface area contributed by atoms with Crippen molar-refractivity contribution in [1.29, 1.82) is 0 Å². The summed E-state index contributed by atoms with van der Waals surface area (Å²) in [4.78, 5) is 12.9. The molecule has 1 unspecified atom stereocenters. The summed E-state index contributed by atoms with van der Waals surface area (Å²) in [5, 5.41) is 11.2. The lowest BCUT2D eigenvalue weighted by Crippen LogP contribution is -3.12. The lowest BCUT2D eigenvalue weighted by molar-refractivity contribution is -0.921. The highest BCUT2D eigenvalue weighted by Gasteiger charge is 2.26. The molecule has 0 aliphatic carbocycles. The van der Waals surface area contributed by atoms with Crippen molar-refractivity contribution in [2.75, 3.05) is 19.6 Å². The van der Waals surface area contributed by atoms with Crippen LogP contribution in [0.1, 0.15) is 38.3 Å². The van der Waals surface area contributed by atoms with Crippen molar-refractivity contribution >= 4 is 5.91 Å². The van der Waals surface area contributed by atoms with Crippen LogP contribution >= 0.6 is 0 Å². The van der Waals surface area contributed by atoms with Gasteiger partial charge in [0.25, 0.3) is 11.8 Å². The van der Waals surface area contributed by atoms with Crippen LogP contribution in [0.4, 0.5) is 0 Å². The van der Waals surface area contributed by atoms with Crippen LogP contribution in [0.2, 0.25) is 0 Å². The number of aromatic nitrogens is 2. The second-order valence-corrected chi connectivity index (χ2v) is 5.68. The number of likely N-dealkylation sites (N-methyl/N-ethyl adjacent to an activating group) is 2. The summed E-state index contributed by atoms with van der Waals surface area (Å²) in [6.45, 7) is 9.84. The Balaban J connectivity index is 2.13. The van der Waals surface area contributed by atoms with Gasteiger partial charge in [-0.15, -0.1) is 10.2 Å². The molecule has 1 aromatic heterocycles. The van der Waals surface area contributed by atoms with Gasteiger partial charge in [-0.3, -0.25) is 4.79 Å². The first-order chi connectivity index (χ1) is 11.0. The molecule has 0 aliphatic rings.